The number of aliphatic hydroxyl groups excluding tert-OH is 3. The van der Waals surface area contributed by atoms with Gasteiger partial charge in [-0.25, -0.2) is 0 Å². The molecule has 4 atom stereocenters. The van der Waals surface area contributed by atoms with Crippen molar-refractivity contribution in [1.29, 1.82) is 0 Å². The normalized spacial score (nSPS) is 21.0. The molecular formula is C31H45F3N2O7. The van der Waals surface area contributed by atoms with E-state index in [0.29, 0.717) is 28.9 Å². The minimum Gasteiger partial charge on any atom is -0.493 e. The number of rotatable bonds is 17. The van der Waals surface area contributed by atoms with Gasteiger partial charge in [0, 0.05) is 24.1 Å². The molecule has 1 aliphatic carbocycles. The van der Waals surface area contributed by atoms with Crippen LogP contribution in [0.1, 0.15) is 88.2 Å². The van der Waals surface area contributed by atoms with E-state index < -0.39 is 48.7 Å². The van der Waals surface area contributed by atoms with Crippen LogP contribution in [0.4, 0.5) is 13.2 Å². The molecule has 1 aromatic rings. The van der Waals surface area contributed by atoms with E-state index >= 15 is 0 Å². The van der Waals surface area contributed by atoms with E-state index in [0.717, 1.165) is 32.1 Å². The van der Waals surface area contributed by atoms with Gasteiger partial charge >= 0.3 is 6.18 Å². The minimum atomic E-state index is -4.75. The molecule has 12 heteroatoms. The fourth-order valence-electron chi connectivity index (χ4n) is 5.90. The van der Waals surface area contributed by atoms with Crippen LogP contribution in [0.3, 0.4) is 0 Å². The Labute approximate surface area is 251 Å². The predicted molar refractivity (Wildman–Crippen MR) is 154 cm³/mol. The molecule has 2 aliphatic rings. The van der Waals surface area contributed by atoms with E-state index in [4.69, 9.17) is 9.47 Å². The molecule has 4 unspecified atom stereocenters. The van der Waals surface area contributed by atoms with Gasteiger partial charge in [0.1, 0.15) is 18.8 Å². The zero-order valence-electron chi connectivity index (χ0n) is 25.0. The molecule has 0 saturated carbocycles. The second kappa shape index (κ2) is 16.3. The maximum Gasteiger partial charge on any atom is 0.406 e. The summed E-state index contributed by atoms with van der Waals surface area (Å²) >= 11 is 0. The van der Waals surface area contributed by atoms with Gasteiger partial charge in [-0.15, -0.1) is 0 Å². The van der Waals surface area contributed by atoms with Gasteiger partial charge in [-0.3, -0.25) is 9.59 Å². The van der Waals surface area contributed by atoms with Crippen LogP contribution in [0.15, 0.2) is 23.8 Å². The van der Waals surface area contributed by atoms with Crippen molar-refractivity contribution < 1.29 is 47.6 Å². The van der Waals surface area contributed by atoms with Crippen LogP contribution in [0, 0.1) is 0 Å². The van der Waals surface area contributed by atoms with Gasteiger partial charge < -0.3 is 35.0 Å². The quantitative estimate of drug-likeness (QED) is 0.194. The molecular weight excluding hydrogens is 569 g/mol. The average molecular weight is 615 g/mol. The summed E-state index contributed by atoms with van der Waals surface area (Å²) in [5, 5.41) is 33.0. The third-order valence-corrected chi connectivity index (χ3v) is 8.02. The van der Waals surface area contributed by atoms with Gasteiger partial charge in [-0.2, -0.15) is 13.2 Å². The van der Waals surface area contributed by atoms with Crippen LogP contribution in [0.5, 0.6) is 11.5 Å². The van der Waals surface area contributed by atoms with E-state index in [1.807, 2.05) is 0 Å². The van der Waals surface area contributed by atoms with Gasteiger partial charge in [-0.1, -0.05) is 58.3 Å². The first-order valence-electron chi connectivity index (χ1n) is 15.2. The third-order valence-electron chi connectivity index (χ3n) is 8.02. The lowest BCUT2D eigenvalue weighted by Crippen LogP contribution is -2.57. The van der Waals surface area contributed by atoms with Gasteiger partial charge in [0.2, 0.25) is 11.8 Å². The number of hydrogen-bond donors (Lipinski definition) is 4. The fraction of sp³-hybridized carbons (Fsp3) is 0.677. The number of halogens is 3. The molecule has 4 N–H and O–H groups in total. The van der Waals surface area contributed by atoms with E-state index in [9.17, 15) is 38.1 Å². The fourth-order valence-corrected chi connectivity index (χ4v) is 5.90. The zero-order chi connectivity index (χ0) is 31.6. The van der Waals surface area contributed by atoms with Crippen LogP contribution in [0.2, 0.25) is 0 Å². The predicted octanol–water partition coefficient (Wildman–Crippen LogP) is 4.12. The van der Waals surface area contributed by atoms with Gasteiger partial charge in [0.25, 0.3) is 0 Å². The highest BCUT2D eigenvalue weighted by molar-refractivity contribution is 5.96. The number of benzene rings is 1. The first-order chi connectivity index (χ1) is 20.6. The van der Waals surface area contributed by atoms with Crippen LogP contribution >= 0.6 is 0 Å². The summed E-state index contributed by atoms with van der Waals surface area (Å²) in [6.45, 7) is -0.286. The van der Waals surface area contributed by atoms with Crippen molar-refractivity contribution in [3.63, 3.8) is 0 Å². The van der Waals surface area contributed by atoms with Gasteiger partial charge in [0.15, 0.2) is 11.5 Å². The summed E-state index contributed by atoms with van der Waals surface area (Å²) in [7, 11) is 1.38. The molecule has 3 rings (SSSR count). The van der Waals surface area contributed by atoms with Gasteiger partial charge in [0.05, 0.1) is 32.3 Å². The van der Waals surface area contributed by atoms with E-state index in [1.54, 1.807) is 6.07 Å². The summed E-state index contributed by atoms with van der Waals surface area (Å²) in [5.74, 6) is -1.95. The van der Waals surface area contributed by atoms with Crippen molar-refractivity contribution >= 4 is 11.8 Å². The third kappa shape index (κ3) is 9.09. The lowest BCUT2D eigenvalue weighted by molar-refractivity contribution is -0.170. The molecule has 43 heavy (non-hydrogen) atoms. The number of methoxy groups -OCH3 is 1. The number of hydrogen-bond acceptors (Lipinski definition) is 7. The molecule has 0 bridgehead atoms. The minimum absolute atomic E-state index is 0.00677. The first kappa shape index (κ1) is 34.7. The number of aliphatic hydroxyl groups is 3. The summed E-state index contributed by atoms with van der Waals surface area (Å²) in [4.78, 5) is 27.1. The summed E-state index contributed by atoms with van der Waals surface area (Å²) < 4.78 is 52.8. The van der Waals surface area contributed by atoms with Crippen molar-refractivity contribution in [2.45, 2.75) is 108 Å². The maximum atomic E-state index is 13.8. The zero-order valence-corrected chi connectivity index (χ0v) is 25.0. The molecule has 0 saturated heterocycles. The number of fused-ring (bicyclic) bond motifs is 3. The smallest absolute Gasteiger partial charge is 0.406 e. The number of nitrogens with one attached hydrogen (secondary N) is 1. The van der Waals surface area contributed by atoms with Gasteiger partial charge in [-0.05, 0) is 30.2 Å². The Kier molecular flexibility index (Phi) is 13.1. The molecule has 9 nitrogen and oxygen atoms in total. The molecule has 0 aromatic heterocycles. The van der Waals surface area contributed by atoms with Crippen LogP contribution in [-0.2, 0) is 16.2 Å². The van der Waals surface area contributed by atoms with E-state index in [1.165, 1.54) is 32.1 Å². The number of unbranched alkanes of at least 4 members (excludes halogenated alkanes) is 8. The molecule has 1 aromatic carbocycles. The maximum absolute atomic E-state index is 13.8. The number of nitrogens with zero attached hydrogens (tertiary/aromatic N) is 1. The van der Waals surface area contributed by atoms with Crippen molar-refractivity contribution in [2.24, 2.45) is 0 Å². The van der Waals surface area contributed by atoms with Crippen molar-refractivity contribution in [2.75, 3.05) is 26.8 Å². The molecule has 1 heterocycles. The Morgan fingerprint density at radius 2 is 1.70 bits per heavy atom. The SMILES string of the molecule is CCCCCCCCCCCC(=O)N(CC(F)(F)F)C1C=C(C(=O)NCCO)C2c3cc(CO)cc(OC)c3OC2C1O. The Morgan fingerprint density at radius 1 is 1.05 bits per heavy atom. The standard InChI is InChI=1S/C31H45F3N2O7/c1-3-4-5-6-7-8-9-10-11-12-25(39)36(19-31(32,33)34)23-17-22(30(41)35-13-14-37)26-21-15-20(18-38)16-24(42-2)28(21)43-29(26)27(23)40/h15-17,23,26-27,29,37-38,40H,3-14,18-19H2,1-2H3,(H,35,41). The Morgan fingerprint density at radius 3 is 2.28 bits per heavy atom. The van der Waals surface area contributed by atoms with Crippen molar-refractivity contribution in [1.82, 2.24) is 10.2 Å². The second-order valence-electron chi connectivity index (χ2n) is 11.2. The Hall–Kier alpha value is -2.83. The van der Waals surface area contributed by atoms with E-state index in [2.05, 4.69) is 12.2 Å². The highest BCUT2D eigenvalue weighted by Crippen LogP contribution is 2.51. The second-order valence-corrected chi connectivity index (χ2v) is 11.2. The highest BCUT2D eigenvalue weighted by Gasteiger charge is 2.52. The molecule has 0 spiro atoms. The summed E-state index contributed by atoms with van der Waals surface area (Å²) in [6, 6.07) is 1.62. The number of amides is 2. The topological polar surface area (TPSA) is 129 Å². The van der Waals surface area contributed by atoms with Crippen molar-refractivity contribution in [3.05, 3.63) is 34.9 Å². The molecule has 0 fully saturated rings. The van der Waals surface area contributed by atoms with Crippen LogP contribution < -0.4 is 14.8 Å². The molecule has 242 valence electrons. The van der Waals surface area contributed by atoms with E-state index in [-0.39, 0.29) is 43.3 Å². The lowest BCUT2D eigenvalue weighted by Gasteiger charge is -2.41. The number of alkyl halides is 3. The monoisotopic (exact) mass is 614 g/mol. The Bertz CT molecular complexity index is 1110. The molecule has 1 aliphatic heterocycles. The average Bonchev–Trinajstić information content (AvgIpc) is 3.37. The lowest BCUT2D eigenvalue weighted by atomic mass is 9.77. The number of carbonyl (C=O) groups excluding carboxylic acids is 2. The van der Waals surface area contributed by atoms with Crippen molar-refractivity contribution in [3.8, 4) is 11.5 Å². The molecule has 2 amide bonds. The first-order valence-corrected chi connectivity index (χ1v) is 15.2. The highest BCUT2D eigenvalue weighted by atomic mass is 19.4. The number of ether oxygens (including phenoxy) is 2. The largest absolute Gasteiger partial charge is 0.493 e. The van der Waals surface area contributed by atoms with Crippen LogP contribution in [0.25, 0.3) is 0 Å². The Balaban J connectivity index is 1.87. The molecule has 0 radical (unpaired) electrons. The summed E-state index contributed by atoms with van der Waals surface area (Å²) in [5.41, 5.74) is 0.855. The summed E-state index contributed by atoms with van der Waals surface area (Å²) in [6.07, 6.45) is 2.28. The number of carbonyl (C=O) groups is 2. The van der Waals surface area contributed by atoms with Crippen LogP contribution in [-0.4, -0.2) is 83.3 Å².